The van der Waals surface area contributed by atoms with Gasteiger partial charge in [-0.15, -0.1) is 0 Å². The number of carboxylic acids is 1. The number of primary amides is 1. The van der Waals surface area contributed by atoms with Crippen molar-refractivity contribution in [3.05, 3.63) is 39.4 Å². The first-order valence-electron chi connectivity index (χ1n) is 5.80. The third-order valence-electron chi connectivity index (χ3n) is 2.68. The molecule has 0 aliphatic rings. The van der Waals surface area contributed by atoms with Crippen molar-refractivity contribution in [1.82, 2.24) is 5.32 Å². The zero-order valence-corrected chi connectivity index (χ0v) is 11.0. The molecule has 21 heavy (non-hydrogen) atoms. The van der Waals surface area contributed by atoms with E-state index in [1.165, 1.54) is 19.1 Å². The average molecular weight is 295 g/mol. The zero-order valence-electron chi connectivity index (χ0n) is 11.0. The molecule has 4 N–H and O–H groups in total. The maximum Gasteiger partial charge on any atom is 0.326 e. The van der Waals surface area contributed by atoms with E-state index in [0.717, 1.165) is 6.07 Å². The van der Waals surface area contributed by atoms with Crippen molar-refractivity contribution < 1.29 is 24.4 Å². The number of amides is 2. The van der Waals surface area contributed by atoms with Crippen molar-refractivity contribution >= 4 is 23.5 Å². The highest BCUT2D eigenvalue weighted by molar-refractivity contribution is 6.01. The van der Waals surface area contributed by atoms with E-state index >= 15 is 0 Å². The Bertz CT molecular complexity index is 613. The van der Waals surface area contributed by atoms with Crippen LogP contribution in [0.3, 0.4) is 0 Å². The Hall–Kier alpha value is -2.97. The number of carbonyl (C=O) groups excluding carboxylic acids is 2. The summed E-state index contributed by atoms with van der Waals surface area (Å²) < 4.78 is 0. The van der Waals surface area contributed by atoms with Gasteiger partial charge in [-0.05, 0) is 12.5 Å². The van der Waals surface area contributed by atoms with Crippen molar-refractivity contribution in [3.8, 4) is 0 Å². The van der Waals surface area contributed by atoms with Crippen LogP contribution in [0, 0.1) is 17.0 Å². The second kappa shape index (κ2) is 6.46. The molecule has 0 saturated carbocycles. The van der Waals surface area contributed by atoms with Crippen LogP contribution in [0.1, 0.15) is 22.3 Å². The molecule has 0 aliphatic carbocycles. The summed E-state index contributed by atoms with van der Waals surface area (Å²) in [4.78, 5) is 43.9. The smallest absolute Gasteiger partial charge is 0.326 e. The Labute approximate surface area is 118 Å². The van der Waals surface area contributed by atoms with E-state index in [1.54, 1.807) is 0 Å². The van der Waals surface area contributed by atoms with Gasteiger partial charge < -0.3 is 16.2 Å². The highest BCUT2D eigenvalue weighted by atomic mass is 16.6. The normalized spacial score (nSPS) is 11.5. The number of carboxylic acid groups (broad SMARTS) is 1. The summed E-state index contributed by atoms with van der Waals surface area (Å²) in [7, 11) is 0. The number of nitro groups is 1. The van der Waals surface area contributed by atoms with Crippen molar-refractivity contribution in [1.29, 1.82) is 0 Å². The van der Waals surface area contributed by atoms with Crippen LogP contribution < -0.4 is 11.1 Å². The van der Waals surface area contributed by atoms with Gasteiger partial charge in [-0.3, -0.25) is 19.7 Å². The number of nitrogens with two attached hydrogens (primary N) is 1. The van der Waals surface area contributed by atoms with E-state index in [4.69, 9.17) is 10.8 Å². The maximum atomic E-state index is 12.1. The molecule has 9 nitrogen and oxygen atoms in total. The van der Waals surface area contributed by atoms with Gasteiger partial charge in [0.25, 0.3) is 11.6 Å². The Balaban J connectivity index is 3.11. The lowest BCUT2D eigenvalue weighted by Crippen LogP contribution is -2.43. The van der Waals surface area contributed by atoms with E-state index in [-0.39, 0.29) is 5.56 Å². The minimum Gasteiger partial charge on any atom is -0.480 e. The standard InChI is InChI=1S/C12H13N3O6/c1-6-3-2-4-8(15(20)21)10(6)11(17)14-7(12(18)19)5-9(13)16/h2-4,7H,5H2,1H3,(H2,13,16)(H,14,17)(H,18,19)/t7-/m0/s1. The number of carbonyl (C=O) groups is 3. The van der Waals surface area contributed by atoms with Crippen molar-refractivity contribution in [2.24, 2.45) is 5.73 Å². The number of aliphatic carboxylic acids is 1. The van der Waals surface area contributed by atoms with Crippen LogP contribution >= 0.6 is 0 Å². The first-order valence-corrected chi connectivity index (χ1v) is 5.80. The van der Waals surface area contributed by atoms with E-state index in [0.29, 0.717) is 5.56 Å². The summed E-state index contributed by atoms with van der Waals surface area (Å²) in [5.41, 5.74) is 4.50. The van der Waals surface area contributed by atoms with E-state index in [9.17, 15) is 24.5 Å². The predicted octanol–water partition coefficient (Wildman–Crippen LogP) is -0.0384. The molecule has 0 aliphatic heterocycles. The number of nitro benzene ring substituents is 1. The molecule has 0 radical (unpaired) electrons. The van der Waals surface area contributed by atoms with Crippen molar-refractivity contribution in [2.45, 2.75) is 19.4 Å². The highest BCUT2D eigenvalue weighted by Crippen LogP contribution is 2.21. The number of hydrogen-bond donors (Lipinski definition) is 3. The van der Waals surface area contributed by atoms with Crippen LogP contribution in [0.5, 0.6) is 0 Å². The lowest BCUT2D eigenvalue weighted by molar-refractivity contribution is -0.385. The van der Waals surface area contributed by atoms with E-state index in [1.807, 2.05) is 0 Å². The maximum absolute atomic E-state index is 12.1. The molecule has 2 amide bonds. The number of benzene rings is 1. The topological polar surface area (TPSA) is 153 Å². The molecule has 0 fully saturated rings. The SMILES string of the molecule is Cc1cccc([N+](=O)[O-])c1C(=O)N[C@@H](CC(N)=O)C(=O)O. The first-order chi connectivity index (χ1) is 9.73. The average Bonchev–Trinajstić information content (AvgIpc) is 2.36. The van der Waals surface area contributed by atoms with Gasteiger partial charge in [0.2, 0.25) is 5.91 Å². The van der Waals surface area contributed by atoms with Gasteiger partial charge in [-0.1, -0.05) is 12.1 Å². The van der Waals surface area contributed by atoms with E-state index in [2.05, 4.69) is 5.32 Å². The molecule has 1 aromatic rings. The van der Waals surface area contributed by atoms with Crippen LogP contribution in [0.15, 0.2) is 18.2 Å². The Kier molecular flexibility index (Phi) is 4.95. The summed E-state index contributed by atoms with van der Waals surface area (Å²) >= 11 is 0. The quantitative estimate of drug-likeness (QED) is 0.494. The summed E-state index contributed by atoms with van der Waals surface area (Å²) in [5.74, 6) is -3.33. The summed E-state index contributed by atoms with van der Waals surface area (Å²) in [6, 6.07) is 2.47. The van der Waals surface area contributed by atoms with Gasteiger partial charge in [-0.2, -0.15) is 0 Å². The highest BCUT2D eigenvalue weighted by Gasteiger charge is 2.27. The predicted molar refractivity (Wildman–Crippen MR) is 70.5 cm³/mol. The van der Waals surface area contributed by atoms with Gasteiger partial charge in [0.15, 0.2) is 0 Å². The van der Waals surface area contributed by atoms with Crippen LogP contribution in [0.4, 0.5) is 5.69 Å². The molecule has 0 heterocycles. The molecule has 0 unspecified atom stereocenters. The minimum atomic E-state index is -1.55. The fourth-order valence-corrected chi connectivity index (χ4v) is 1.73. The fraction of sp³-hybridized carbons (Fsp3) is 0.250. The number of aryl methyl sites for hydroxylation is 1. The van der Waals surface area contributed by atoms with Crippen LogP contribution in [0.2, 0.25) is 0 Å². The second-order valence-corrected chi connectivity index (χ2v) is 4.26. The van der Waals surface area contributed by atoms with Gasteiger partial charge in [0.05, 0.1) is 11.3 Å². The summed E-state index contributed by atoms with van der Waals surface area (Å²) in [6.45, 7) is 1.48. The molecular formula is C12H13N3O6. The van der Waals surface area contributed by atoms with Gasteiger partial charge in [0.1, 0.15) is 11.6 Å². The largest absolute Gasteiger partial charge is 0.480 e. The zero-order chi connectivity index (χ0) is 16.2. The van der Waals surface area contributed by atoms with Crippen LogP contribution in [-0.2, 0) is 9.59 Å². The molecule has 9 heteroatoms. The Morgan fingerprint density at radius 1 is 1.43 bits per heavy atom. The minimum absolute atomic E-state index is 0.252. The van der Waals surface area contributed by atoms with Crippen LogP contribution in [0.25, 0.3) is 0 Å². The second-order valence-electron chi connectivity index (χ2n) is 4.26. The lowest BCUT2D eigenvalue weighted by atomic mass is 10.0. The molecule has 112 valence electrons. The van der Waals surface area contributed by atoms with Crippen molar-refractivity contribution in [2.75, 3.05) is 0 Å². The van der Waals surface area contributed by atoms with Gasteiger partial charge in [0, 0.05) is 6.07 Å². The molecule has 1 rings (SSSR count). The van der Waals surface area contributed by atoms with Crippen molar-refractivity contribution in [3.63, 3.8) is 0 Å². The molecule has 0 saturated heterocycles. The Morgan fingerprint density at radius 3 is 2.52 bits per heavy atom. The summed E-state index contributed by atoms with van der Waals surface area (Å²) in [5, 5.41) is 21.9. The number of nitrogens with one attached hydrogen (secondary N) is 1. The number of nitrogens with zero attached hydrogens (tertiary/aromatic N) is 1. The molecule has 0 spiro atoms. The third-order valence-corrected chi connectivity index (χ3v) is 2.68. The number of rotatable bonds is 6. The third kappa shape index (κ3) is 4.00. The molecule has 1 aromatic carbocycles. The van der Waals surface area contributed by atoms with E-state index < -0.39 is 40.9 Å². The lowest BCUT2D eigenvalue weighted by Gasteiger charge is -2.14. The summed E-state index contributed by atoms with van der Waals surface area (Å²) in [6.07, 6.45) is -0.610. The molecule has 0 aromatic heterocycles. The van der Waals surface area contributed by atoms with Gasteiger partial charge in [-0.25, -0.2) is 4.79 Å². The van der Waals surface area contributed by atoms with Crippen LogP contribution in [-0.4, -0.2) is 33.9 Å². The molecule has 0 bridgehead atoms. The first kappa shape index (κ1) is 16.1. The molecule has 1 atom stereocenters. The molecular weight excluding hydrogens is 282 g/mol. The monoisotopic (exact) mass is 295 g/mol. The fourth-order valence-electron chi connectivity index (χ4n) is 1.73. The number of hydrogen-bond acceptors (Lipinski definition) is 5. The Morgan fingerprint density at radius 2 is 2.05 bits per heavy atom. The van der Waals surface area contributed by atoms with Gasteiger partial charge >= 0.3 is 5.97 Å².